The van der Waals surface area contributed by atoms with Crippen molar-refractivity contribution in [1.82, 2.24) is 0 Å². The number of nitrogens with zero attached hydrogens (tertiary/aromatic N) is 2. The van der Waals surface area contributed by atoms with Crippen molar-refractivity contribution in [1.29, 1.82) is 0 Å². The molecule has 1 aliphatic heterocycles. The smallest absolute Gasteiger partial charge is 0.193 e. The minimum atomic E-state index is -0.250. The van der Waals surface area contributed by atoms with E-state index in [0.717, 1.165) is 19.3 Å². The maximum atomic E-state index is 10.5. The molecule has 0 aliphatic carbocycles. The van der Waals surface area contributed by atoms with Gasteiger partial charge in [-0.25, -0.2) is 9.98 Å². The fourth-order valence-electron chi connectivity index (χ4n) is 1.17. The molecule has 1 rings (SSSR count). The van der Waals surface area contributed by atoms with Crippen LogP contribution in [0.25, 0.3) is 0 Å². The number of rotatable bonds is 2. The second-order valence-corrected chi connectivity index (χ2v) is 3.67. The third-order valence-corrected chi connectivity index (χ3v) is 1.94. The van der Waals surface area contributed by atoms with Gasteiger partial charge < -0.3 is 10.5 Å². The fraction of sp³-hybridized carbons (Fsp3) is 0.625. The Bertz CT molecular complexity index is 255. The summed E-state index contributed by atoms with van der Waals surface area (Å²) < 4.78 is 5.46. The van der Waals surface area contributed by atoms with E-state index in [-0.39, 0.29) is 16.8 Å². The van der Waals surface area contributed by atoms with Crippen molar-refractivity contribution < 1.29 is 9.53 Å². The van der Waals surface area contributed by atoms with Crippen LogP contribution < -0.4 is 5.73 Å². The van der Waals surface area contributed by atoms with E-state index in [1.54, 1.807) is 0 Å². The average molecular weight is 262 g/mol. The summed E-state index contributed by atoms with van der Waals surface area (Å²) in [5.74, 6) is 0.0614. The molecule has 0 amide bonds. The van der Waals surface area contributed by atoms with Crippen LogP contribution in [-0.2, 0) is 9.53 Å². The molecule has 2 N–H and O–H groups in total. The molecule has 1 aliphatic rings. The van der Waals surface area contributed by atoms with E-state index < -0.39 is 0 Å². The molecule has 0 aromatic heterocycles. The molecule has 1 fully saturated rings. The molecule has 0 bridgehead atoms. The molecular weight excluding hydrogens is 250 g/mol. The summed E-state index contributed by atoms with van der Waals surface area (Å²) in [7, 11) is 0. The molecule has 0 saturated carbocycles. The maximum absolute atomic E-state index is 10.5. The highest BCUT2D eigenvalue weighted by molar-refractivity contribution is 9.18. The van der Waals surface area contributed by atoms with Crippen molar-refractivity contribution in [2.24, 2.45) is 15.7 Å². The molecule has 0 spiro atoms. The molecular formula is C8H12BrN3O2. The van der Waals surface area contributed by atoms with E-state index in [4.69, 9.17) is 10.5 Å². The SMILES string of the molecule is NC(Br)=NC(C=O)=NC1CCCCO1. The van der Waals surface area contributed by atoms with E-state index in [1.165, 1.54) is 0 Å². The van der Waals surface area contributed by atoms with Crippen LogP contribution in [0, 0.1) is 0 Å². The van der Waals surface area contributed by atoms with Gasteiger partial charge in [0.25, 0.3) is 0 Å². The lowest BCUT2D eigenvalue weighted by Gasteiger charge is -2.18. The van der Waals surface area contributed by atoms with Crippen molar-refractivity contribution in [3.63, 3.8) is 0 Å². The lowest BCUT2D eigenvalue weighted by molar-refractivity contribution is -0.102. The van der Waals surface area contributed by atoms with Crippen LogP contribution >= 0.6 is 15.9 Å². The van der Waals surface area contributed by atoms with E-state index in [2.05, 4.69) is 25.9 Å². The number of carbonyl (C=O) groups is 1. The molecule has 0 aromatic rings. The first-order valence-electron chi connectivity index (χ1n) is 4.36. The molecule has 1 atom stereocenters. The zero-order chi connectivity index (χ0) is 10.4. The van der Waals surface area contributed by atoms with Gasteiger partial charge >= 0.3 is 0 Å². The highest BCUT2D eigenvalue weighted by Gasteiger charge is 2.12. The minimum Gasteiger partial charge on any atom is -0.378 e. The predicted octanol–water partition coefficient (Wildman–Crippen LogP) is 0.820. The Kier molecular flexibility index (Phi) is 4.75. The quantitative estimate of drug-likeness (QED) is 0.346. The summed E-state index contributed by atoms with van der Waals surface area (Å²) in [5.41, 5.74) is 5.26. The van der Waals surface area contributed by atoms with Gasteiger partial charge in [-0.3, -0.25) is 4.79 Å². The van der Waals surface area contributed by atoms with Crippen LogP contribution in [0.15, 0.2) is 9.98 Å². The average Bonchev–Trinajstić information content (AvgIpc) is 2.17. The van der Waals surface area contributed by atoms with Crippen LogP contribution in [0.5, 0.6) is 0 Å². The number of hydrogen-bond donors (Lipinski definition) is 1. The van der Waals surface area contributed by atoms with Crippen molar-refractivity contribution >= 4 is 32.8 Å². The number of carbonyl (C=O) groups excluding carboxylic acids is 1. The van der Waals surface area contributed by atoms with Gasteiger partial charge in [0.1, 0.15) is 0 Å². The van der Waals surface area contributed by atoms with Gasteiger partial charge in [0, 0.05) is 6.61 Å². The van der Waals surface area contributed by atoms with Gasteiger partial charge in [-0.05, 0) is 35.2 Å². The van der Waals surface area contributed by atoms with E-state index in [0.29, 0.717) is 12.9 Å². The molecule has 1 saturated heterocycles. The number of ether oxygens (including phenoxy) is 1. The molecule has 0 aromatic carbocycles. The Morgan fingerprint density at radius 3 is 2.86 bits per heavy atom. The second kappa shape index (κ2) is 5.87. The molecule has 6 heteroatoms. The van der Waals surface area contributed by atoms with Gasteiger partial charge in [0.2, 0.25) is 0 Å². The zero-order valence-electron chi connectivity index (χ0n) is 7.65. The lowest BCUT2D eigenvalue weighted by atomic mass is 10.2. The van der Waals surface area contributed by atoms with E-state index in [9.17, 15) is 4.79 Å². The first kappa shape index (κ1) is 11.3. The summed E-state index contributed by atoms with van der Waals surface area (Å²) in [6.07, 6.45) is 3.25. The first-order chi connectivity index (χ1) is 6.72. The van der Waals surface area contributed by atoms with Crippen molar-refractivity contribution in [3.8, 4) is 0 Å². The first-order valence-corrected chi connectivity index (χ1v) is 5.16. The Balaban J connectivity index is 2.61. The predicted molar refractivity (Wildman–Crippen MR) is 57.6 cm³/mol. The largest absolute Gasteiger partial charge is 0.378 e. The topological polar surface area (TPSA) is 77.0 Å². The van der Waals surface area contributed by atoms with Crippen LogP contribution in [-0.4, -0.2) is 29.7 Å². The normalized spacial score (nSPS) is 24.8. The Morgan fingerprint density at radius 2 is 2.36 bits per heavy atom. The van der Waals surface area contributed by atoms with Crippen LogP contribution in [0.3, 0.4) is 0 Å². The fourth-order valence-corrected chi connectivity index (χ4v) is 1.35. The summed E-state index contributed by atoms with van der Waals surface area (Å²) >= 11 is 2.93. The van der Waals surface area contributed by atoms with Gasteiger partial charge in [0.05, 0.1) is 0 Å². The third kappa shape index (κ3) is 3.97. The summed E-state index contributed by atoms with van der Waals surface area (Å²) in [4.78, 5) is 18.3. The number of nitrogens with two attached hydrogens (primary N) is 1. The van der Waals surface area contributed by atoms with Crippen molar-refractivity contribution in [2.75, 3.05) is 6.61 Å². The molecule has 14 heavy (non-hydrogen) atoms. The minimum absolute atomic E-state index is 0.0614. The van der Waals surface area contributed by atoms with Crippen molar-refractivity contribution in [3.05, 3.63) is 0 Å². The Hall–Kier alpha value is -0.750. The highest BCUT2D eigenvalue weighted by Crippen LogP contribution is 2.13. The second-order valence-electron chi connectivity index (χ2n) is 2.86. The number of aliphatic imine (C=N–C) groups is 2. The Labute approximate surface area is 90.6 Å². The van der Waals surface area contributed by atoms with Crippen molar-refractivity contribution in [2.45, 2.75) is 25.5 Å². The van der Waals surface area contributed by atoms with Crippen LogP contribution in [0.1, 0.15) is 19.3 Å². The maximum Gasteiger partial charge on any atom is 0.193 e. The van der Waals surface area contributed by atoms with Crippen LogP contribution in [0.4, 0.5) is 0 Å². The standard InChI is InChI=1S/C8H12BrN3O2/c9-8(10)12-6(5-13)11-7-3-1-2-4-14-7/h5,7H,1-4H2,(H2,10,11,12). The highest BCUT2D eigenvalue weighted by atomic mass is 79.9. The molecule has 0 radical (unpaired) electrons. The van der Waals surface area contributed by atoms with Gasteiger partial charge in [0.15, 0.2) is 23.1 Å². The third-order valence-electron chi connectivity index (χ3n) is 1.76. The van der Waals surface area contributed by atoms with E-state index >= 15 is 0 Å². The molecule has 1 heterocycles. The van der Waals surface area contributed by atoms with Gasteiger partial charge in [-0.2, -0.15) is 0 Å². The molecule has 78 valence electrons. The Morgan fingerprint density at radius 1 is 1.57 bits per heavy atom. The molecule has 1 unspecified atom stereocenters. The number of amidine groups is 2. The van der Waals surface area contributed by atoms with Gasteiger partial charge in [-0.15, -0.1) is 0 Å². The number of aldehydes is 1. The lowest BCUT2D eigenvalue weighted by Crippen LogP contribution is -2.19. The number of halogens is 1. The monoisotopic (exact) mass is 261 g/mol. The summed E-state index contributed by atoms with van der Waals surface area (Å²) in [5, 5.41) is 0. The zero-order valence-corrected chi connectivity index (χ0v) is 9.24. The van der Waals surface area contributed by atoms with Gasteiger partial charge in [-0.1, -0.05) is 0 Å². The number of hydrogen-bond acceptors (Lipinski definition) is 3. The van der Waals surface area contributed by atoms with E-state index in [1.807, 2.05) is 0 Å². The molecule has 5 nitrogen and oxygen atoms in total. The summed E-state index contributed by atoms with van der Waals surface area (Å²) in [6.45, 7) is 0.688. The summed E-state index contributed by atoms with van der Waals surface area (Å²) in [6, 6.07) is 0. The van der Waals surface area contributed by atoms with Crippen LogP contribution in [0.2, 0.25) is 0 Å².